The molecule has 0 amide bonds. The first kappa shape index (κ1) is 13.8. The Morgan fingerprint density at radius 1 is 1.62 bits per heavy atom. The highest BCUT2D eigenvalue weighted by molar-refractivity contribution is 7.99. The molecule has 0 aromatic carbocycles. The number of thiophene rings is 1. The molecule has 0 radical (unpaired) electrons. The highest BCUT2D eigenvalue weighted by Crippen LogP contribution is 2.21. The van der Waals surface area contributed by atoms with Crippen molar-refractivity contribution in [3.05, 3.63) is 11.4 Å². The van der Waals surface area contributed by atoms with E-state index in [1.807, 2.05) is 13.8 Å². The van der Waals surface area contributed by atoms with Crippen molar-refractivity contribution in [1.82, 2.24) is 4.72 Å². The van der Waals surface area contributed by atoms with Gasteiger partial charge >= 0.3 is 0 Å². The zero-order chi connectivity index (χ0) is 12.2. The van der Waals surface area contributed by atoms with Crippen LogP contribution in [-0.2, 0) is 10.0 Å². The normalized spacial score (nSPS) is 13.9. The van der Waals surface area contributed by atoms with Gasteiger partial charge in [-0.25, -0.2) is 13.1 Å². The summed E-state index contributed by atoms with van der Waals surface area (Å²) in [5, 5.41) is 1.63. The summed E-state index contributed by atoms with van der Waals surface area (Å²) in [5.74, 6) is 1.76. The van der Waals surface area contributed by atoms with E-state index in [1.54, 1.807) is 17.1 Å². The third-order valence-electron chi connectivity index (χ3n) is 1.79. The molecule has 0 saturated carbocycles. The monoisotopic (exact) mass is 280 g/mol. The molecule has 16 heavy (non-hydrogen) atoms. The Kier molecular flexibility index (Phi) is 5.10. The topological polar surface area (TPSA) is 72.2 Å². The van der Waals surface area contributed by atoms with E-state index in [4.69, 9.17) is 5.73 Å². The van der Waals surface area contributed by atoms with Gasteiger partial charge < -0.3 is 5.73 Å². The SMILES string of the molecule is CCSCC(C)NS(=O)(=O)c1cc(N)cs1. The zero-order valence-electron chi connectivity index (χ0n) is 9.26. The molecule has 1 heterocycles. The van der Waals surface area contributed by atoms with E-state index in [0.717, 1.165) is 22.8 Å². The molecular weight excluding hydrogens is 264 g/mol. The molecule has 0 spiro atoms. The van der Waals surface area contributed by atoms with Gasteiger partial charge in [0.25, 0.3) is 0 Å². The molecule has 0 aliphatic carbocycles. The maximum absolute atomic E-state index is 11.9. The first-order valence-electron chi connectivity index (χ1n) is 4.89. The predicted octanol–water partition coefficient (Wildman–Crippen LogP) is 1.75. The molecule has 0 fully saturated rings. The molecule has 1 unspecified atom stereocenters. The van der Waals surface area contributed by atoms with Gasteiger partial charge in [0.15, 0.2) is 0 Å². The second kappa shape index (κ2) is 5.90. The summed E-state index contributed by atoms with van der Waals surface area (Å²) in [6.07, 6.45) is 0. The lowest BCUT2D eigenvalue weighted by atomic mass is 10.4. The summed E-state index contributed by atoms with van der Waals surface area (Å²) in [5.41, 5.74) is 5.99. The molecule has 1 atom stereocenters. The Hall–Kier alpha value is -0.240. The number of hydrogen-bond acceptors (Lipinski definition) is 5. The van der Waals surface area contributed by atoms with Crippen molar-refractivity contribution in [1.29, 1.82) is 0 Å². The second-order valence-corrected chi connectivity index (χ2v) is 7.55. The van der Waals surface area contributed by atoms with Crippen LogP contribution in [0.25, 0.3) is 0 Å². The minimum atomic E-state index is -3.39. The van der Waals surface area contributed by atoms with Gasteiger partial charge in [0, 0.05) is 22.9 Å². The van der Waals surface area contributed by atoms with Crippen LogP contribution in [0.3, 0.4) is 0 Å². The molecule has 92 valence electrons. The van der Waals surface area contributed by atoms with E-state index >= 15 is 0 Å². The van der Waals surface area contributed by atoms with Gasteiger partial charge in [0.1, 0.15) is 4.21 Å². The van der Waals surface area contributed by atoms with Crippen molar-refractivity contribution in [2.24, 2.45) is 0 Å². The fourth-order valence-electron chi connectivity index (χ4n) is 1.12. The van der Waals surface area contributed by atoms with Crippen LogP contribution in [0.2, 0.25) is 0 Å². The van der Waals surface area contributed by atoms with Crippen LogP contribution in [0.1, 0.15) is 13.8 Å². The smallest absolute Gasteiger partial charge is 0.250 e. The first-order valence-corrected chi connectivity index (χ1v) is 8.41. The van der Waals surface area contributed by atoms with Gasteiger partial charge in [-0.05, 0) is 18.7 Å². The van der Waals surface area contributed by atoms with E-state index in [2.05, 4.69) is 4.72 Å². The number of nitrogens with one attached hydrogen (secondary N) is 1. The number of anilines is 1. The summed E-state index contributed by atoms with van der Waals surface area (Å²) < 4.78 is 26.6. The van der Waals surface area contributed by atoms with E-state index in [0.29, 0.717) is 5.69 Å². The Labute approximate surface area is 105 Å². The number of sulfonamides is 1. The number of thioether (sulfide) groups is 1. The van der Waals surface area contributed by atoms with Crippen molar-refractivity contribution in [2.75, 3.05) is 17.2 Å². The Bertz CT molecular complexity index is 428. The lowest BCUT2D eigenvalue weighted by Gasteiger charge is -2.12. The summed E-state index contributed by atoms with van der Waals surface area (Å²) in [4.78, 5) is 0. The van der Waals surface area contributed by atoms with E-state index in [-0.39, 0.29) is 10.3 Å². The lowest BCUT2D eigenvalue weighted by molar-refractivity contribution is 0.573. The van der Waals surface area contributed by atoms with E-state index < -0.39 is 10.0 Å². The van der Waals surface area contributed by atoms with Crippen molar-refractivity contribution in [3.8, 4) is 0 Å². The zero-order valence-corrected chi connectivity index (χ0v) is 11.7. The van der Waals surface area contributed by atoms with Crippen LogP contribution >= 0.6 is 23.1 Å². The molecule has 1 aromatic heterocycles. The maximum Gasteiger partial charge on any atom is 0.250 e. The standard InChI is InChI=1S/C9H16N2O2S3/c1-3-14-5-7(2)11-16(12,13)9-4-8(10)6-15-9/h4,6-7,11H,3,5,10H2,1-2H3. The number of nitrogen functional groups attached to an aromatic ring is 1. The first-order chi connectivity index (χ1) is 7.45. The second-order valence-electron chi connectivity index (χ2n) is 3.38. The van der Waals surface area contributed by atoms with Crippen LogP contribution in [-0.4, -0.2) is 26.0 Å². The molecule has 4 nitrogen and oxygen atoms in total. The summed E-state index contributed by atoms with van der Waals surface area (Å²) in [6, 6.07) is 1.41. The van der Waals surface area contributed by atoms with Gasteiger partial charge in [-0.2, -0.15) is 11.8 Å². The largest absolute Gasteiger partial charge is 0.398 e. The van der Waals surface area contributed by atoms with Crippen molar-refractivity contribution >= 4 is 38.8 Å². The Balaban J connectivity index is 2.65. The molecule has 0 saturated heterocycles. The van der Waals surface area contributed by atoms with Crippen LogP contribution in [0, 0.1) is 0 Å². The number of hydrogen-bond donors (Lipinski definition) is 2. The molecular formula is C9H16N2O2S3. The molecule has 1 rings (SSSR count). The summed E-state index contributed by atoms with van der Waals surface area (Å²) in [7, 11) is -3.39. The van der Waals surface area contributed by atoms with Crippen LogP contribution in [0.15, 0.2) is 15.7 Å². The maximum atomic E-state index is 11.9. The quantitative estimate of drug-likeness (QED) is 0.832. The number of nitrogens with two attached hydrogens (primary N) is 1. The fraction of sp³-hybridized carbons (Fsp3) is 0.556. The third-order valence-corrected chi connectivity index (χ3v) is 5.98. The number of rotatable bonds is 6. The highest BCUT2D eigenvalue weighted by Gasteiger charge is 2.18. The van der Waals surface area contributed by atoms with E-state index in [9.17, 15) is 8.42 Å². The van der Waals surface area contributed by atoms with E-state index in [1.165, 1.54) is 6.07 Å². The summed E-state index contributed by atoms with van der Waals surface area (Å²) in [6.45, 7) is 3.91. The molecule has 1 aromatic rings. The Morgan fingerprint density at radius 2 is 2.31 bits per heavy atom. The van der Waals surface area contributed by atoms with Crippen LogP contribution in [0.5, 0.6) is 0 Å². The average molecular weight is 280 g/mol. The van der Waals surface area contributed by atoms with Crippen LogP contribution < -0.4 is 10.5 Å². The minimum Gasteiger partial charge on any atom is -0.398 e. The van der Waals surface area contributed by atoms with Crippen molar-refractivity contribution < 1.29 is 8.42 Å². The van der Waals surface area contributed by atoms with Crippen molar-refractivity contribution in [3.63, 3.8) is 0 Å². The molecule has 7 heteroatoms. The summed E-state index contributed by atoms with van der Waals surface area (Å²) >= 11 is 2.85. The minimum absolute atomic E-state index is 0.0710. The lowest BCUT2D eigenvalue weighted by Crippen LogP contribution is -2.33. The van der Waals surface area contributed by atoms with Gasteiger partial charge in [-0.3, -0.25) is 0 Å². The van der Waals surface area contributed by atoms with Crippen LogP contribution in [0.4, 0.5) is 5.69 Å². The van der Waals surface area contributed by atoms with Gasteiger partial charge in [-0.1, -0.05) is 6.92 Å². The molecule has 0 aliphatic rings. The molecule has 0 aliphatic heterocycles. The average Bonchev–Trinajstić information content (AvgIpc) is 2.62. The molecule has 3 N–H and O–H groups in total. The van der Waals surface area contributed by atoms with Gasteiger partial charge in [0.05, 0.1) is 0 Å². The third kappa shape index (κ3) is 3.97. The van der Waals surface area contributed by atoms with Gasteiger partial charge in [-0.15, -0.1) is 11.3 Å². The molecule has 0 bridgehead atoms. The van der Waals surface area contributed by atoms with Gasteiger partial charge in [0.2, 0.25) is 10.0 Å². The predicted molar refractivity (Wildman–Crippen MR) is 71.5 cm³/mol. The highest BCUT2D eigenvalue weighted by atomic mass is 32.2. The van der Waals surface area contributed by atoms with Crippen molar-refractivity contribution in [2.45, 2.75) is 24.1 Å². The fourth-order valence-corrected chi connectivity index (χ4v) is 4.24. The Morgan fingerprint density at radius 3 is 2.81 bits per heavy atom.